The summed E-state index contributed by atoms with van der Waals surface area (Å²) < 4.78 is 0. The van der Waals surface area contributed by atoms with Gasteiger partial charge in [-0.2, -0.15) is 0 Å². The molecule has 0 bridgehead atoms. The first kappa shape index (κ1) is 13.6. The zero-order chi connectivity index (χ0) is 14.0. The van der Waals surface area contributed by atoms with Crippen LogP contribution >= 0.6 is 0 Å². The number of nitrogens with zero attached hydrogens (tertiary/aromatic N) is 3. The molecule has 0 aromatic carbocycles. The first-order chi connectivity index (χ1) is 9.71. The lowest BCUT2D eigenvalue weighted by Crippen LogP contribution is -2.60. The highest BCUT2D eigenvalue weighted by molar-refractivity contribution is 5.94. The zero-order valence-electron chi connectivity index (χ0n) is 12.2. The van der Waals surface area contributed by atoms with E-state index < -0.39 is 0 Å². The lowest BCUT2D eigenvalue weighted by Gasteiger charge is -2.51. The number of likely N-dealkylation sites (N-methyl/N-ethyl adjacent to an activating group) is 1. The number of carbonyl (C=O) groups is 1. The third kappa shape index (κ3) is 2.44. The maximum absolute atomic E-state index is 12.6. The molecule has 20 heavy (non-hydrogen) atoms. The molecule has 0 radical (unpaired) electrons. The van der Waals surface area contributed by atoms with Crippen molar-refractivity contribution < 1.29 is 4.79 Å². The number of likely N-dealkylation sites (tertiary alicyclic amines) is 2. The third-order valence-electron chi connectivity index (χ3n) is 4.95. The van der Waals surface area contributed by atoms with Crippen LogP contribution in [-0.4, -0.2) is 52.9 Å². The molecule has 2 fully saturated rings. The highest BCUT2D eigenvalue weighted by Crippen LogP contribution is 2.35. The van der Waals surface area contributed by atoms with Gasteiger partial charge in [0.25, 0.3) is 5.91 Å². The Morgan fingerprint density at radius 3 is 2.85 bits per heavy atom. The van der Waals surface area contributed by atoms with E-state index in [4.69, 9.17) is 0 Å². The van der Waals surface area contributed by atoms with Crippen LogP contribution in [0.3, 0.4) is 0 Å². The van der Waals surface area contributed by atoms with E-state index in [1.807, 2.05) is 17.0 Å². The Labute approximate surface area is 120 Å². The Hall–Kier alpha value is -1.42. The Kier molecular flexibility index (Phi) is 3.74. The molecular formula is C16H23N3O. The second-order valence-electron chi connectivity index (χ2n) is 6.17. The van der Waals surface area contributed by atoms with Crippen LogP contribution in [0.5, 0.6) is 0 Å². The minimum Gasteiger partial charge on any atom is -0.337 e. The molecule has 4 heteroatoms. The van der Waals surface area contributed by atoms with E-state index in [9.17, 15) is 4.79 Å². The van der Waals surface area contributed by atoms with Gasteiger partial charge in [0.1, 0.15) is 0 Å². The molecule has 3 heterocycles. The maximum Gasteiger partial charge on any atom is 0.255 e. The van der Waals surface area contributed by atoms with Crippen molar-refractivity contribution in [3.8, 4) is 0 Å². The first-order valence-electron chi connectivity index (χ1n) is 7.62. The molecule has 1 unspecified atom stereocenters. The Balaban J connectivity index is 1.76. The molecule has 0 aliphatic carbocycles. The van der Waals surface area contributed by atoms with Crippen molar-refractivity contribution in [2.45, 2.75) is 37.6 Å². The van der Waals surface area contributed by atoms with Gasteiger partial charge in [0.2, 0.25) is 0 Å². The normalized spacial score (nSPS) is 27.8. The second-order valence-corrected chi connectivity index (χ2v) is 6.17. The van der Waals surface area contributed by atoms with Crippen molar-refractivity contribution in [3.63, 3.8) is 0 Å². The molecule has 2 aliphatic rings. The van der Waals surface area contributed by atoms with Crippen LogP contribution in [-0.2, 0) is 0 Å². The van der Waals surface area contributed by atoms with E-state index >= 15 is 0 Å². The number of pyridine rings is 1. The molecule has 0 saturated carbocycles. The third-order valence-corrected chi connectivity index (χ3v) is 4.95. The summed E-state index contributed by atoms with van der Waals surface area (Å²) in [4.78, 5) is 21.2. The van der Waals surface area contributed by atoms with Gasteiger partial charge in [-0.15, -0.1) is 0 Å². The summed E-state index contributed by atoms with van der Waals surface area (Å²) in [5.74, 6) is 0.135. The van der Waals surface area contributed by atoms with E-state index in [2.05, 4.69) is 16.9 Å². The first-order valence-corrected chi connectivity index (χ1v) is 7.62. The van der Waals surface area contributed by atoms with Crippen molar-refractivity contribution in [3.05, 3.63) is 30.1 Å². The summed E-state index contributed by atoms with van der Waals surface area (Å²) in [6.45, 7) is 2.91. The van der Waals surface area contributed by atoms with Gasteiger partial charge in [-0.3, -0.25) is 14.7 Å². The van der Waals surface area contributed by atoms with Crippen molar-refractivity contribution >= 4 is 5.91 Å². The predicted octanol–water partition coefficient (Wildman–Crippen LogP) is 2.17. The maximum atomic E-state index is 12.6. The molecule has 4 nitrogen and oxygen atoms in total. The summed E-state index contributed by atoms with van der Waals surface area (Å²) >= 11 is 0. The molecule has 1 spiro atoms. The molecule has 2 aliphatic heterocycles. The fourth-order valence-corrected chi connectivity index (χ4v) is 3.70. The van der Waals surface area contributed by atoms with Gasteiger partial charge in [0.15, 0.2) is 0 Å². The molecular weight excluding hydrogens is 250 g/mol. The highest BCUT2D eigenvalue weighted by Gasteiger charge is 2.41. The highest BCUT2D eigenvalue weighted by atomic mass is 16.2. The van der Waals surface area contributed by atoms with Crippen LogP contribution in [0.25, 0.3) is 0 Å². The van der Waals surface area contributed by atoms with Crippen molar-refractivity contribution in [1.82, 2.24) is 14.8 Å². The Morgan fingerprint density at radius 1 is 1.25 bits per heavy atom. The second kappa shape index (κ2) is 5.52. The number of rotatable bonds is 1. The topological polar surface area (TPSA) is 36.4 Å². The van der Waals surface area contributed by atoms with Gasteiger partial charge in [-0.05, 0) is 51.4 Å². The van der Waals surface area contributed by atoms with Crippen LogP contribution in [0, 0.1) is 0 Å². The van der Waals surface area contributed by atoms with Gasteiger partial charge in [0.05, 0.1) is 5.56 Å². The predicted molar refractivity (Wildman–Crippen MR) is 78.6 cm³/mol. The minimum absolute atomic E-state index is 0.135. The molecule has 2 saturated heterocycles. The number of hydrogen-bond acceptors (Lipinski definition) is 3. The average molecular weight is 273 g/mol. The largest absolute Gasteiger partial charge is 0.337 e. The molecule has 3 rings (SSSR count). The molecule has 108 valence electrons. The smallest absolute Gasteiger partial charge is 0.255 e. The number of hydrogen-bond donors (Lipinski definition) is 0. The lowest BCUT2D eigenvalue weighted by molar-refractivity contribution is 0.00300. The van der Waals surface area contributed by atoms with Crippen molar-refractivity contribution in [1.29, 1.82) is 0 Å². The quantitative estimate of drug-likeness (QED) is 0.787. The van der Waals surface area contributed by atoms with Gasteiger partial charge < -0.3 is 4.90 Å². The fourth-order valence-electron chi connectivity index (χ4n) is 3.70. The summed E-state index contributed by atoms with van der Waals surface area (Å²) in [6.07, 6.45) is 9.52. The van der Waals surface area contributed by atoms with E-state index in [-0.39, 0.29) is 11.4 Å². The van der Waals surface area contributed by atoms with Crippen LogP contribution < -0.4 is 0 Å². The number of amides is 1. The van der Waals surface area contributed by atoms with Crippen LogP contribution in [0.15, 0.2) is 24.5 Å². The summed E-state index contributed by atoms with van der Waals surface area (Å²) in [5.41, 5.74) is 0.928. The Morgan fingerprint density at radius 2 is 2.10 bits per heavy atom. The van der Waals surface area contributed by atoms with Crippen LogP contribution in [0.1, 0.15) is 42.5 Å². The standard InChI is InChI=1S/C16H23N3O/c1-18-10-3-2-7-16(18)8-5-11-19(13-16)15(20)14-6-4-9-17-12-14/h4,6,9,12H,2-3,5,7-8,10-11,13H2,1H3. The van der Waals surface area contributed by atoms with Gasteiger partial charge in [0, 0.05) is 31.0 Å². The molecule has 1 atom stereocenters. The monoisotopic (exact) mass is 273 g/mol. The van der Waals surface area contributed by atoms with Gasteiger partial charge >= 0.3 is 0 Å². The van der Waals surface area contributed by atoms with E-state index in [1.165, 1.54) is 25.7 Å². The number of aromatic nitrogens is 1. The zero-order valence-corrected chi connectivity index (χ0v) is 12.2. The molecule has 0 N–H and O–H groups in total. The van der Waals surface area contributed by atoms with Crippen LogP contribution in [0.4, 0.5) is 0 Å². The van der Waals surface area contributed by atoms with Crippen molar-refractivity contribution in [2.75, 3.05) is 26.7 Å². The van der Waals surface area contributed by atoms with Gasteiger partial charge in [-0.25, -0.2) is 0 Å². The Bertz CT molecular complexity index is 472. The van der Waals surface area contributed by atoms with Crippen molar-refractivity contribution in [2.24, 2.45) is 0 Å². The van der Waals surface area contributed by atoms with E-state index in [0.29, 0.717) is 5.56 Å². The molecule has 1 aromatic rings. The minimum atomic E-state index is 0.135. The summed E-state index contributed by atoms with van der Waals surface area (Å²) in [5, 5.41) is 0. The van der Waals surface area contributed by atoms with Gasteiger partial charge in [-0.1, -0.05) is 6.42 Å². The van der Waals surface area contributed by atoms with E-state index in [1.54, 1.807) is 12.4 Å². The summed E-state index contributed by atoms with van der Waals surface area (Å²) in [6, 6.07) is 3.70. The van der Waals surface area contributed by atoms with E-state index in [0.717, 1.165) is 26.1 Å². The van der Waals surface area contributed by atoms with Crippen LogP contribution in [0.2, 0.25) is 0 Å². The number of piperidine rings is 2. The molecule has 1 amide bonds. The summed E-state index contributed by atoms with van der Waals surface area (Å²) in [7, 11) is 2.22. The fraction of sp³-hybridized carbons (Fsp3) is 0.625. The molecule has 1 aromatic heterocycles. The number of carbonyl (C=O) groups excluding carboxylic acids is 1. The average Bonchev–Trinajstić information content (AvgIpc) is 2.51. The lowest BCUT2D eigenvalue weighted by atomic mass is 9.80. The SMILES string of the molecule is CN1CCCCC12CCCN(C(=O)c1cccnc1)C2.